The smallest absolute Gasteiger partial charge is 0.293 e. The van der Waals surface area contributed by atoms with Crippen molar-refractivity contribution >= 4 is 23.1 Å². The van der Waals surface area contributed by atoms with Gasteiger partial charge in [0.05, 0.1) is 16.4 Å². The molecule has 2 rings (SSSR count). The van der Waals surface area contributed by atoms with E-state index in [4.69, 9.17) is 0 Å². The highest BCUT2D eigenvalue weighted by molar-refractivity contribution is 7.78. The fourth-order valence-corrected chi connectivity index (χ4v) is 2.05. The molecule has 1 aliphatic rings. The average Bonchev–Trinajstić information content (AvgIpc) is 2.26. The first kappa shape index (κ1) is 14.1. The van der Waals surface area contributed by atoms with Gasteiger partial charge < -0.3 is 0 Å². The maximum absolute atomic E-state index is 12.7. The van der Waals surface area contributed by atoms with Gasteiger partial charge in [-0.2, -0.15) is 18.2 Å². The standard InChI is InChI=1S/C12H10F4N2S/c13-10-5-18(6-10)4-8-1-9(12(14,15)16)3-11(2-8)17-7-19/h1-3,10H,4-6H2. The molecule has 19 heavy (non-hydrogen) atoms. The summed E-state index contributed by atoms with van der Waals surface area (Å²) >= 11 is 4.39. The van der Waals surface area contributed by atoms with Crippen LogP contribution in [-0.2, 0) is 12.7 Å². The van der Waals surface area contributed by atoms with Crippen molar-refractivity contribution in [1.82, 2.24) is 4.90 Å². The molecule has 2 nitrogen and oxygen atoms in total. The van der Waals surface area contributed by atoms with Gasteiger partial charge in [-0.25, -0.2) is 4.39 Å². The molecule has 0 bridgehead atoms. The number of isothiocyanates is 1. The Labute approximate surface area is 112 Å². The maximum Gasteiger partial charge on any atom is 0.416 e. The van der Waals surface area contributed by atoms with Crippen molar-refractivity contribution in [1.29, 1.82) is 0 Å². The van der Waals surface area contributed by atoms with E-state index in [-0.39, 0.29) is 25.3 Å². The number of thiocarbonyl (C=S) groups is 1. The van der Waals surface area contributed by atoms with Crippen molar-refractivity contribution in [2.75, 3.05) is 13.1 Å². The van der Waals surface area contributed by atoms with Crippen molar-refractivity contribution in [3.8, 4) is 0 Å². The van der Waals surface area contributed by atoms with Gasteiger partial charge in [-0.15, -0.1) is 0 Å². The second-order valence-corrected chi connectivity index (χ2v) is 4.56. The van der Waals surface area contributed by atoms with E-state index in [0.717, 1.165) is 12.1 Å². The number of aliphatic imine (C=N–C) groups is 1. The summed E-state index contributed by atoms with van der Waals surface area (Å²) in [6.45, 7) is 0.772. The molecule has 1 aliphatic heterocycles. The van der Waals surface area contributed by atoms with Gasteiger partial charge in [-0.05, 0) is 36.0 Å². The molecule has 0 amide bonds. The van der Waals surface area contributed by atoms with Crippen LogP contribution >= 0.6 is 12.2 Å². The van der Waals surface area contributed by atoms with Crippen molar-refractivity contribution in [2.45, 2.75) is 18.9 Å². The summed E-state index contributed by atoms with van der Waals surface area (Å²) in [4.78, 5) is 5.31. The molecule has 0 aliphatic carbocycles. The highest BCUT2D eigenvalue weighted by atomic mass is 32.1. The molecule has 0 spiro atoms. The summed E-state index contributed by atoms with van der Waals surface area (Å²) in [5.41, 5.74) is -0.241. The third-order valence-corrected chi connectivity index (χ3v) is 2.89. The van der Waals surface area contributed by atoms with Crippen LogP contribution < -0.4 is 0 Å². The van der Waals surface area contributed by atoms with E-state index in [1.54, 1.807) is 4.90 Å². The molecule has 0 unspecified atom stereocenters. The number of nitrogens with zero attached hydrogens (tertiary/aromatic N) is 2. The number of halogens is 4. The number of alkyl halides is 4. The van der Waals surface area contributed by atoms with Crippen molar-refractivity contribution in [3.05, 3.63) is 29.3 Å². The molecular weight excluding hydrogens is 280 g/mol. The molecule has 7 heteroatoms. The lowest BCUT2D eigenvalue weighted by molar-refractivity contribution is -0.137. The monoisotopic (exact) mass is 290 g/mol. The first-order valence-electron chi connectivity index (χ1n) is 5.54. The Morgan fingerprint density at radius 1 is 1.32 bits per heavy atom. The number of benzene rings is 1. The molecule has 0 atom stereocenters. The molecular formula is C12H10F4N2S. The van der Waals surface area contributed by atoms with Crippen LogP contribution in [0.4, 0.5) is 23.2 Å². The van der Waals surface area contributed by atoms with E-state index in [2.05, 4.69) is 17.2 Å². The van der Waals surface area contributed by atoms with Gasteiger partial charge in [-0.3, -0.25) is 4.90 Å². The summed E-state index contributed by atoms with van der Waals surface area (Å²) in [6.07, 6.45) is -5.33. The molecule has 1 saturated heterocycles. The molecule has 0 radical (unpaired) electrons. The van der Waals surface area contributed by atoms with E-state index >= 15 is 0 Å². The fourth-order valence-electron chi connectivity index (χ4n) is 1.94. The topological polar surface area (TPSA) is 15.6 Å². The Balaban J connectivity index is 2.26. The molecule has 1 fully saturated rings. The van der Waals surface area contributed by atoms with Gasteiger partial charge in [0, 0.05) is 19.6 Å². The van der Waals surface area contributed by atoms with Gasteiger partial charge >= 0.3 is 6.18 Å². The summed E-state index contributed by atoms with van der Waals surface area (Å²) in [6, 6.07) is 3.46. The summed E-state index contributed by atoms with van der Waals surface area (Å²) in [7, 11) is 0. The predicted molar refractivity (Wildman–Crippen MR) is 66.3 cm³/mol. The Morgan fingerprint density at radius 3 is 2.53 bits per heavy atom. The van der Waals surface area contributed by atoms with E-state index in [9.17, 15) is 17.6 Å². The Bertz CT molecular complexity index is 517. The van der Waals surface area contributed by atoms with Crippen molar-refractivity contribution in [3.63, 3.8) is 0 Å². The Kier molecular flexibility index (Phi) is 3.99. The number of hydrogen-bond acceptors (Lipinski definition) is 3. The lowest BCUT2D eigenvalue weighted by Crippen LogP contribution is -2.47. The molecule has 1 heterocycles. The van der Waals surface area contributed by atoms with Gasteiger partial charge in [0.1, 0.15) is 6.17 Å². The zero-order valence-corrected chi connectivity index (χ0v) is 10.6. The Morgan fingerprint density at radius 2 is 2.00 bits per heavy atom. The van der Waals surface area contributed by atoms with Crippen LogP contribution in [0.5, 0.6) is 0 Å². The van der Waals surface area contributed by atoms with Crippen molar-refractivity contribution in [2.24, 2.45) is 4.99 Å². The third-order valence-electron chi connectivity index (χ3n) is 2.80. The second-order valence-electron chi connectivity index (χ2n) is 4.38. The number of rotatable bonds is 3. The van der Waals surface area contributed by atoms with Crippen LogP contribution in [0.2, 0.25) is 0 Å². The first-order chi connectivity index (χ1) is 8.88. The summed E-state index contributed by atoms with van der Waals surface area (Å²) < 4.78 is 50.8. The summed E-state index contributed by atoms with van der Waals surface area (Å²) in [5, 5.41) is 2.05. The van der Waals surface area contributed by atoms with Crippen molar-refractivity contribution < 1.29 is 17.6 Å². The highest BCUT2D eigenvalue weighted by Gasteiger charge is 2.32. The number of hydrogen-bond donors (Lipinski definition) is 0. The minimum absolute atomic E-state index is 0.108. The lowest BCUT2D eigenvalue weighted by Gasteiger charge is -2.34. The maximum atomic E-state index is 12.7. The zero-order valence-electron chi connectivity index (χ0n) is 9.75. The Hall–Kier alpha value is -1.30. The van der Waals surface area contributed by atoms with E-state index in [0.29, 0.717) is 5.56 Å². The zero-order chi connectivity index (χ0) is 14.0. The quantitative estimate of drug-likeness (QED) is 0.480. The van der Waals surface area contributed by atoms with Gasteiger partial charge in [0.2, 0.25) is 0 Å². The van der Waals surface area contributed by atoms with Crippen LogP contribution in [0.25, 0.3) is 0 Å². The largest absolute Gasteiger partial charge is 0.416 e. The molecule has 1 aromatic carbocycles. The third kappa shape index (κ3) is 3.59. The van der Waals surface area contributed by atoms with Crippen LogP contribution in [0.3, 0.4) is 0 Å². The van der Waals surface area contributed by atoms with Gasteiger partial charge in [-0.1, -0.05) is 0 Å². The molecule has 0 aromatic heterocycles. The van der Waals surface area contributed by atoms with Crippen LogP contribution in [0.15, 0.2) is 23.2 Å². The van der Waals surface area contributed by atoms with E-state index < -0.39 is 17.9 Å². The predicted octanol–water partition coefficient (Wildman–Crippen LogP) is 3.59. The minimum atomic E-state index is -4.45. The SMILES string of the molecule is FC1CN(Cc2cc(N=C=S)cc(C(F)(F)F)c2)C1. The molecule has 1 aromatic rings. The summed E-state index contributed by atoms with van der Waals surface area (Å²) in [5.74, 6) is 0. The van der Waals surface area contributed by atoms with Crippen LogP contribution in [0.1, 0.15) is 11.1 Å². The average molecular weight is 290 g/mol. The van der Waals surface area contributed by atoms with Gasteiger partial charge in [0.25, 0.3) is 0 Å². The number of likely N-dealkylation sites (tertiary alicyclic amines) is 1. The molecule has 102 valence electrons. The van der Waals surface area contributed by atoms with Crippen LogP contribution in [-0.4, -0.2) is 29.3 Å². The lowest BCUT2D eigenvalue weighted by atomic mass is 10.1. The highest BCUT2D eigenvalue weighted by Crippen LogP contribution is 2.33. The fraction of sp³-hybridized carbons (Fsp3) is 0.417. The second kappa shape index (κ2) is 5.36. The minimum Gasteiger partial charge on any atom is -0.293 e. The molecule has 0 N–H and O–H groups in total. The van der Waals surface area contributed by atoms with Gasteiger partial charge in [0.15, 0.2) is 0 Å². The normalized spacial score (nSPS) is 16.8. The van der Waals surface area contributed by atoms with E-state index in [1.807, 2.05) is 5.16 Å². The van der Waals surface area contributed by atoms with E-state index in [1.165, 1.54) is 6.07 Å². The first-order valence-corrected chi connectivity index (χ1v) is 5.95. The van der Waals surface area contributed by atoms with Crippen LogP contribution in [0, 0.1) is 0 Å². The molecule has 0 saturated carbocycles.